The van der Waals surface area contributed by atoms with Crippen molar-refractivity contribution in [2.45, 2.75) is 12.0 Å². The van der Waals surface area contributed by atoms with Crippen LogP contribution in [0, 0.1) is 0 Å². The van der Waals surface area contributed by atoms with Gasteiger partial charge in [0.2, 0.25) is 0 Å². The molecule has 0 amide bonds. The summed E-state index contributed by atoms with van der Waals surface area (Å²) >= 11 is 0. The Kier molecular flexibility index (Phi) is 2.81. The van der Waals surface area contributed by atoms with Crippen molar-refractivity contribution in [1.82, 2.24) is 9.97 Å². The molecule has 0 saturated heterocycles. The number of nitrogens with two attached hydrogens (primary N) is 1. The number of H-pyrrole nitrogens is 2. The second-order valence-electron chi connectivity index (χ2n) is 7.54. The first-order valence-corrected chi connectivity index (χ1v) is 9.30. The quantitative estimate of drug-likeness (QED) is 0.381. The van der Waals surface area contributed by atoms with Crippen LogP contribution in [0.4, 0.5) is 0 Å². The van der Waals surface area contributed by atoms with E-state index in [2.05, 4.69) is 88.9 Å². The maximum Gasteiger partial charge on any atom is 0.0641 e. The normalized spacial score (nSPS) is 19.1. The maximum absolute atomic E-state index is 6.94. The first kappa shape index (κ1) is 14.8. The Morgan fingerprint density at radius 2 is 1.44 bits per heavy atom. The Morgan fingerprint density at radius 1 is 0.741 bits per heavy atom. The minimum Gasteiger partial charge on any atom is -0.355 e. The molecule has 3 heteroatoms. The molecule has 0 radical (unpaired) electrons. The Balaban J connectivity index is 1.53. The minimum absolute atomic E-state index is 0.509. The molecule has 3 aromatic carbocycles. The van der Waals surface area contributed by atoms with E-state index < -0.39 is 5.54 Å². The van der Waals surface area contributed by atoms with Gasteiger partial charge in [0.1, 0.15) is 0 Å². The van der Waals surface area contributed by atoms with Gasteiger partial charge in [0.05, 0.1) is 5.54 Å². The maximum atomic E-state index is 6.94. The summed E-state index contributed by atoms with van der Waals surface area (Å²) in [5.41, 5.74) is 13.5. The summed E-state index contributed by atoms with van der Waals surface area (Å²) < 4.78 is 0. The molecule has 0 fully saturated rings. The summed E-state index contributed by atoms with van der Waals surface area (Å²) in [6.45, 7) is 0. The van der Waals surface area contributed by atoms with Crippen LogP contribution in [0.15, 0.2) is 72.8 Å². The van der Waals surface area contributed by atoms with E-state index in [9.17, 15) is 0 Å². The summed E-state index contributed by atoms with van der Waals surface area (Å²) in [5.74, 6) is 0. The highest BCUT2D eigenvalue weighted by Crippen LogP contribution is 2.37. The number of aromatic nitrogens is 2. The van der Waals surface area contributed by atoms with Gasteiger partial charge in [-0.2, -0.15) is 0 Å². The van der Waals surface area contributed by atoms with Crippen molar-refractivity contribution in [3.8, 4) is 0 Å². The SMILES string of the molecule is NC1(c2ccc3[nH]c4ccccc4c3c2)C=Cc2[nH]c3ccccc3c2C1. The molecule has 27 heavy (non-hydrogen) atoms. The van der Waals surface area contributed by atoms with E-state index >= 15 is 0 Å². The smallest absolute Gasteiger partial charge is 0.0641 e. The largest absolute Gasteiger partial charge is 0.355 e. The molecule has 2 heterocycles. The standard InChI is InChI=1S/C24H19N3/c25-24(12-11-23-19(14-24)17-6-2-4-8-21(17)27-23)15-9-10-22-18(13-15)16-5-1-3-7-20(16)26-22/h1-13,26-27H,14,25H2. The van der Waals surface area contributed by atoms with Gasteiger partial charge in [-0.1, -0.05) is 48.5 Å². The zero-order chi connectivity index (χ0) is 18.0. The highest BCUT2D eigenvalue weighted by Gasteiger charge is 2.30. The number of hydrogen-bond acceptors (Lipinski definition) is 1. The number of aromatic amines is 2. The molecule has 4 N–H and O–H groups in total. The second kappa shape index (κ2) is 5.12. The summed E-state index contributed by atoms with van der Waals surface area (Å²) in [4.78, 5) is 7.00. The fraction of sp³-hybridized carbons (Fsp3) is 0.0833. The predicted octanol–water partition coefficient (Wildman–Crippen LogP) is 5.23. The van der Waals surface area contributed by atoms with E-state index in [0.29, 0.717) is 0 Å². The molecule has 0 bridgehead atoms. The number of rotatable bonds is 1. The first-order valence-electron chi connectivity index (χ1n) is 9.30. The Hall–Kier alpha value is -3.30. The van der Waals surface area contributed by atoms with E-state index in [1.54, 1.807) is 0 Å². The third-order valence-electron chi connectivity index (χ3n) is 5.91. The fourth-order valence-corrected chi connectivity index (χ4v) is 4.47. The first-order chi connectivity index (χ1) is 13.2. The van der Waals surface area contributed by atoms with Crippen molar-refractivity contribution in [3.05, 3.63) is 89.6 Å². The van der Waals surface area contributed by atoms with Gasteiger partial charge < -0.3 is 15.7 Å². The number of hydrogen-bond donors (Lipinski definition) is 3. The van der Waals surface area contributed by atoms with Crippen LogP contribution < -0.4 is 5.73 Å². The molecule has 0 aliphatic heterocycles. The molecular formula is C24H19N3. The van der Waals surface area contributed by atoms with E-state index in [0.717, 1.165) is 23.0 Å². The lowest BCUT2D eigenvalue weighted by atomic mass is 9.80. The van der Waals surface area contributed by atoms with Crippen molar-refractivity contribution in [2.24, 2.45) is 5.73 Å². The van der Waals surface area contributed by atoms with Gasteiger partial charge in [-0.05, 0) is 41.5 Å². The summed E-state index contributed by atoms with van der Waals surface area (Å²) in [6.07, 6.45) is 5.07. The molecule has 5 aromatic rings. The molecule has 1 aliphatic rings. The third kappa shape index (κ3) is 2.06. The van der Waals surface area contributed by atoms with Crippen molar-refractivity contribution in [2.75, 3.05) is 0 Å². The molecular weight excluding hydrogens is 330 g/mol. The second-order valence-corrected chi connectivity index (χ2v) is 7.54. The topological polar surface area (TPSA) is 57.6 Å². The van der Waals surface area contributed by atoms with Crippen LogP contribution in [0.3, 0.4) is 0 Å². The van der Waals surface area contributed by atoms with Crippen molar-refractivity contribution < 1.29 is 0 Å². The molecule has 6 rings (SSSR count). The lowest BCUT2D eigenvalue weighted by Crippen LogP contribution is -2.38. The van der Waals surface area contributed by atoms with Gasteiger partial charge >= 0.3 is 0 Å². The number of para-hydroxylation sites is 2. The third-order valence-corrected chi connectivity index (χ3v) is 5.91. The van der Waals surface area contributed by atoms with Gasteiger partial charge in [-0.25, -0.2) is 0 Å². The Labute approximate surface area is 156 Å². The molecule has 1 aliphatic carbocycles. The van der Waals surface area contributed by atoms with Gasteiger partial charge in [-0.15, -0.1) is 0 Å². The van der Waals surface area contributed by atoms with E-state index in [-0.39, 0.29) is 0 Å². The fourth-order valence-electron chi connectivity index (χ4n) is 4.47. The molecule has 3 nitrogen and oxygen atoms in total. The van der Waals surface area contributed by atoms with E-state index in [4.69, 9.17) is 5.73 Å². The average Bonchev–Trinajstić information content (AvgIpc) is 3.25. The number of benzene rings is 3. The molecule has 0 spiro atoms. The summed E-state index contributed by atoms with van der Waals surface area (Å²) in [5, 5.41) is 3.73. The highest BCUT2D eigenvalue weighted by molar-refractivity contribution is 6.07. The minimum atomic E-state index is -0.509. The van der Waals surface area contributed by atoms with Gasteiger partial charge in [-0.3, -0.25) is 0 Å². The van der Waals surface area contributed by atoms with Gasteiger partial charge in [0.15, 0.2) is 0 Å². The predicted molar refractivity (Wildman–Crippen MR) is 113 cm³/mol. The highest BCUT2D eigenvalue weighted by atomic mass is 14.8. The summed E-state index contributed by atoms with van der Waals surface area (Å²) in [7, 11) is 0. The van der Waals surface area contributed by atoms with Crippen LogP contribution in [-0.4, -0.2) is 9.97 Å². The van der Waals surface area contributed by atoms with Crippen LogP contribution in [0.25, 0.3) is 38.8 Å². The molecule has 1 atom stereocenters. The molecule has 2 aromatic heterocycles. The Morgan fingerprint density at radius 3 is 2.30 bits per heavy atom. The average molecular weight is 349 g/mol. The van der Waals surface area contributed by atoms with Crippen molar-refractivity contribution in [1.29, 1.82) is 0 Å². The monoisotopic (exact) mass is 349 g/mol. The van der Waals surface area contributed by atoms with Crippen LogP contribution in [0.1, 0.15) is 16.8 Å². The number of nitrogens with one attached hydrogen (secondary N) is 2. The van der Waals surface area contributed by atoms with Crippen molar-refractivity contribution >= 4 is 38.8 Å². The zero-order valence-corrected chi connectivity index (χ0v) is 14.8. The van der Waals surface area contributed by atoms with Crippen LogP contribution >= 0.6 is 0 Å². The summed E-state index contributed by atoms with van der Waals surface area (Å²) in [6, 6.07) is 23.4. The molecule has 0 saturated carbocycles. The molecule has 1 unspecified atom stereocenters. The number of fused-ring (bicyclic) bond motifs is 6. The zero-order valence-electron chi connectivity index (χ0n) is 14.8. The lowest BCUT2D eigenvalue weighted by molar-refractivity contribution is 0.557. The Bertz CT molecular complexity index is 1370. The molecule has 130 valence electrons. The van der Waals surface area contributed by atoms with Crippen LogP contribution in [0.5, 0.6) is 0 Å². The van der Waals surface area contributed by atoms with E-state index in [1.807, 2.05) is 0 Å². The van der Waals surface area contributed by atoms with E-state index in [1.165, 1.54) is 32.9 Å². The van der Waals surface area contributed by atoms with Gasteiger partial charge in [0.25, 0.3) is 0 Å². The van der Waals surface area contributed by atoms with Gasteiger partial charge in [0, 0.05) is 44.8 Å². The van der Waals surface area contributed by atoms with Crippen molar-refractivity contribution in [3.63, 3.8) is 0 Å². The van der Waals surface area contributed by atoms with Crippen LogP contribution in [0.2, 0.25) is 0 Å². The lowest BCUT2D eigenvalue weighted by Gasteiger charge is -2.30. The van der Waals surface area contributed by atoms with Crippen LogP contribution in [-0.2, 0) is 12.0 Å².